The van der Waals surface area contributed by atoms with Gasteiger partial charge in [0, 0.05) is 25.0 Å². The van der Waals surface area contributed by atoms with Crippen molar-refractivity contribution in [2.24, 2.45) is 5.92 Å². The number of aromatic nitrogens is 1. The molecule has 1 atom stereocenters. The lowest BCUT2D eigenvalue weighted by Gasteiger charge is -2.31. The fraction of sp³-hybridized carbons (Fsp3) is 0.368. The molecule has 3 rings (SSSR count). The van der Waals surface area contributed by atoms with Gasteiger partial charge in [0.25, 0.3) is 5.91 Å². The van der Waals surface area contributed by atoms with Crippen LogP contribution in [0.15, 0.2) is 36.7 Å². The third kappa shape index (κ3) is 4.23. The minimum Gasteiger partial charge on any atom is -0.495 e. The van der Waals surface area contributed by atoms with Crippen LogP contribution in [-0.2, 0) is 0 Å². The lowest BCUT2D eigenvalue weighted by atomic mass is 10.00. The number of nitrogens with one attached hydrogen (secondary N) is 1. The summed E-state index contributed by atoms with van der Waals surface area (Å²) in [5, 5.41) is 3.75. The number of piperidine rings is 1. The summed E-state index contributed by atoms with van der Waals surface area (Å²) >= 11 is 6.15. The summed E-state index contributed by atoms with van der Waals surface area (Å²) in [5.74, 6) is 1.21. The van der Waals surface area contributed by atoms with E-state index < -0.39 is 0 Å². The highest BCUT2D eigenvalue weighted by Gasteiger charge is 2.22. The molecule has 1 N–H and O–H groups in total. The first-order valence-electron chi connectivity index (χ1n) is 8.41. The first-order chi connectivity index (χ1) is 12.1. The number of hydrogen-bond donors (Lipinski definition) is 1. The summed E-state index contributed by atoms with van der Waals surface area (Å²) in [6, 6.07) is 7.27. The highest BCUT2D eigenvalue weighted by atomic mass is 35.5. The number of halogens is 1. The van der Waals surface area contributed by atoms with Crippen LogP contribution in [0.5, 0.6) is 5.75 Å². The molecule has 0 aliphatic carbocycles. The molecule has 0 bridgehead atoms. The van der Waals surface area contributed by atoms with Crippen molar-refractivity contribution in [1.82, 2.24) is 9.88 Å². The molecule has 1 aromatic carbocycles. The van der Waals surface area contributed by atoms with Crippen molar-refractivity contribution in [3.8, 4) is 5.75 Å². The van der Waals surface area contributed by atoms with E-state index in [4.69, 9.17) is 16.3 Å². The molecule has 1 aliphatic heterocycles. The topological polar surface area (TPSA) is 54.5 Å². The van der Waals surface area contributed by atoms with E-state index in [0.717, 1.165) is 30.9 Å². The third-order valence-electron chi connectivity index (χ3n) is 4.37. The molecule has 0 radical (unpaired) electrons. The Labute approximate surface area is 153 Å². The van der Waals surface area contributed by atoms with Crippen molar-refractivity contribution in [3.63, 3.8) is 0 Å². The number of carbonyl (C=O) groups is 1. The number of rotatable bonds is 4. The Morgan fingerprint density at radius 2 is 2.16 bits per heavy atom. The number of nitrogens with zero attached hydrogens (tertiary/aromatic N) is 2. The standard InChI is InChI=1S/C19H22ClN3O2/c1-13-4-3-7-23(12-13)19(24)14-8-16(11-21-10-14)22-15-5-6-18(25-2)17(20)9-15/h5-6,8-11,13,22H,3-4,7,12H2,1-2H3. The van der Waals surface area contributed by atoms with Crippen LogP contribution < -0.4 is 10.1 Å². The van der Waals surface area contributed by atoms with Crippen LogP contribution in [0.4, 0.5) is 11.4 Å². The van der Waals surface area contributed by atoms with E-state index in [2.05, 4.69) is 17.2 Å². The van der Waals surface area contributed by atoms with E-state index in [1.165, 1.54) is 6.42 Å². The lowest BCUT2D eigenvalue weighted by Crippen LogP contribution is -2.39. The van der Waals surface area contributed by atoms with Gasteiger partial charge in [0.15, 0.2) is 0 Å². The Morgan fingerprint density at radius 1 is 1.32 bits per heavy atom. The molecule has 1 unspecified atom stereocenters. The predicted octanol–water partition coefficient (Wildman–Crippen LogP) is 4.36. The van der Waals surface area contributed by atoms with Gasteiger partial charge in [0.05, 0.1) is 29.6 Å². The van der Waals surface area contributed by atoms with Crippen molar-refractivity contribution in [1.29, 1.82) is 0 Å². The predicted molar refractivity (Wildman–Crippen MR) is 99.8 cm³/mol. The first kappa shape index (κ1) is 17.5. The fourth-order valence-electron chi connectivity index (χ4n) is 3.09. The SMILES string of the molecule is COc1ccc(Nc2cncc(C(=O)N3CCCC(C)C3)c2)cc1Cl. The molecule has 25 heavy (non-hydrogen) atoms. The average molecular weight is 360 g/mol. The minimum atomic E-state index is 0.0375. The Morgan fingerprint density at radius 3 is 2.88 bits per heavy atom. The molecule has 0 spiro atoms. The van der Waals surface area contributed by atoms with Gasteiger partial charge in [-0.25, -0.2) is 0 Å². The maximum atomic E-state index is 12.7. The molecule has 2 heterocycles. The first-order valence-corrected chi connectivity index (χ1v) is 8.79. The molecular formula is C19H22ClN3O2. The Bertz CT molecular complexity index is 766. The molecule has 132 valence electrons. The second-order valence-electron chi connectivity index (χ2n) is 6.44. The summed E-state index contributed by atoms with van der Waals surface area (Å²) in [7, 11) is 1.58. The van der Waals surface area contributed by atoms with Gasteiger partial charge in [-0.15, -0.1) is 0 Å². The summed E-state index contributed by atoms with van der Waals surface area (Å²) in [6.07, 6.45) is 5.55. The van der Waals surface area contributed by atoms with Crippen molar-refractivity contribution >= 4 is 28.9 Å². The highest BCUT2D eigenvalue weighted by molar-refractivity contribution is 6.32. The molecule has 1 aliphatic rings. The van der Waals surface area contributed by atoms with Crippen LogP contribution in [0.25, 0.3) is 0 Å². The zero-order valence-corrected chi connectivity index (χ0v) is 15.2. The monoisotopic (exact) mass is 359 g/mol. The summed E-state index contributed by atoms with van der Waals surface area (Å²) in [4.78, 5) is 18.8. The van der Waals surface area contributed by atoms with Gasteiger partial charge in [-0.3, -0.25) is 9.78 Å². The van der Waals surface area contributed by atoms with Gasteiger partial charge in [0.1, 0.15) is 5.75 Å². The van der Waals surface area contributed by atoms with Crippen LogP contribution in [0.1, 0.15) is 30.1 Å². The Kier molecular flexibility index (Phi) is 5.43. The number of hydrogen-bond acceptors (Lipinski definition) is 4. The largest absolute Gasteiger partial charge is 0.495 e. The molecule has 1 fully saturated rings. The number of anilines is 2. The number of methoxy groups -OCH3 is 1. The van der Waals surface area contributed by atoms with Gasteiger partial charge in [-0.2, -0.15) is 0 Å². The minimum absolute atomic E-state index is 0.0375. The van der Waals surface area contributed by atoms with Gasteiger partial charge in [-0.05, 0) is 43.0 Å². The van der Waals surface area contributed by atoms with Gasteiger partial charge >= 0.3 is 0 Å². The smallest absolute Gasteiger partial charge is 0.255 e. The third-order valence-corrected chi connectivity index (χ3v) is 4.67. The summed E-state index contributed by atoms with van der Waals surface area (Å²) < 4.78 is 5.15. The quantitative estimate of drug-likeness (QED) is 0.881. The van der Waals surface area contributed by atoms with E-state index in [0.29, 0.717) is 22.3 Å². The molecular weight excluding hydrogens is 338 g/mol. The number of carbonyl (C=O) groups excluding carboxylic acids is 1. The van der Waals surface area contributed by atoms with Gasteiger partial charge in [0.2, 0.25) is 0 Å². The second kappa shape index (κ2) is 7.74. The zero-order chi connectivity index (χ0) is 17.8. The summed E-state index contributed by atoms with van der Waals surface area (Å²) in [6.45, 7) is 3.81. The van der Waals surface area contributed by atoms with Crippen molar-refractivity contribution < 1.29 is 9.53 Å². The highest BCUT2D eigenvalue weighted by Crippen LogP contribution is 2.29. The molecule has 1 saturated heterocycles. The van der Waals surface area contributed by atoms with Crippen molar-refractivity contribution in [2.45, 2.75) is 19.8 Å². The van der Waals surface area contributed by atoms with E-state index in [-0.39, 0.29) is 5.91 Å². The number of ether oxygens (including phenoxy) is 1. The maximum Gasteiger partial charge on any atom is 0.255 e. The van der Waals surface area contributed by atoms with Crippen LogP contribution in [0, 0.1) is 5.92 Å². The molecule has 1 aromatic heterocycles. The normalized spacial score (nSPS) is 17.2. The van der Waals surface area contributed by atoms with Crippen LogP contribution >= 0.6 is 11.6 Å². The van der Waals surface area contributed by atoms with Crippen molar-refractivity contribution in [3.05, 3.63) is 47.2 Å². The molecule has 1 amide bonds. The molecule has 2 aromatic rings. The number of likely N-dealkylation sites (tertiary alicyclic amines) is 1. The zero-order valence-electron chi connectivity index (χ0n) is 14.5. The van der Waals surface area contributed by atoms with Crippen LogP contribution in [0.2, 0.25) is 5.02 Å². The van der Waals surface area contributed by atoms with Gasteiger partial charge in [-0.1, -0.05) is 18.5 Å². The van der Waals surface area contributed by atoms with E-state index in [1.807, 2.05) is 17.0 Å². The van der Waals surface area contributed by atoms with Crippen LogP contribution in [-0.4, -0.2) is 36.0 Å². The lowest BCUT2D eigenvalue weighted by molar-refractivity contribution is 0.0682. The van der Waals surface area contributed by atoms with Gasteiger partial charge < -0.3 is 15.0 Å². The van der Waals surface area contributed by atoms with E-state index in [9.17, 15) is 4.79 Å². The van der Waals surface area contributed by atoms with E-state index >= 15 is 0 Å². The molecule has 6 heteroatoms. The molecule has 0 saturated carbocycles. The number of pyridine rings is 1. The maximum absolute atomic E-state index is 12.7. The Balaban J connectivity index is 1.75. The average Bonchev–Trinajstić information content (AvgIpc) is 2.61. The molecule has 5 nitrogen and oxygen atoms in total. The number of benzene rings is 1. The van der Waals surface area contributed by atoms with Crippen LogP contribution in [0.3, 0.4) is 0 Å². The second-order valence-corrected chi connectivity index (χ2v) is 6.84. The Hall–Kier alpha value is -2.27. The fourth-order valence-corrected chi connectivity index (χ4v) is 3.35. The van der Waals surface area contributed by atoms with Crippen molar-refractivity contribution in [2.75, 3.05) is 25.5 Å². The summed E-state index contributed by atoms with van der Waals surface area (Å²) in [5.41, 5.74) is 2.15. The van der Waals surface area contributed by atoms with E-state index in [1.54, 1.807) is 31.6 Å². The number of amides is 1.